The molecule has 2 unspecified atom stereocenters. The van der Waals surface area contributed by atoms with Crippen LogP contribution in [-0.2, 0) is 4.79 Å². The molecule has 1 amide bonds. The van der Waals surface area contributed by atoms with Gasteiger partial charge < -0.3 is 15.9 Å². The van der Waals surface area contributed by atoms with Crippen LogP contribution in [0.15, 0.2) is 12.1 Å². The van der Waals surface area contributed by atoms with E-state index in [0.717, 1.165) is 12.1 Å². The summed E-state index contributed by atoms with van der Waals surface area (Å²) in [6.07, 6.45) is -3.53. The van der Waals surface area contributed by atoms with Gasteiger partial charge in [0.25, 0.3) is 0 Å². The fraction of sp³-hybridized carbons (Fsp3) is 0.300. The molecule has 1 rings (SSSR count). The Labute approximate surface area is 90.3 Å². The summed E-state index contributed by atoms with van der Waals surface area (Å²) in [5, 5.41) is 18.7. The van der Waals surface area contributed by atoms with Crippen molar-refractivity contribution in [3.8, 4) is 0 Å². The lowest BCUT2D eigenvalue weighted by Gasteiger charge is -2.17. The Kier molecular flexibility index (Phi) is 3.56. The van der Waals surface area contributed by atoms with Crippen LogP contribution in [0, 0.1) is 18.6 Å². The minimum absolute atomic E-state index is 0.0785. The van der Waals surface area contributed by atoms with E-state index in [1.54, 1.807) is 0 Å². The van der Waals surface area contributed by atoms with E-state index in [1.165, 1.54) is 6.92 Å². The number of aliphatic hydroxyl groups is 2. The zero-order chi connectivity index (χ0) is 12.5. The smallest absolute Gasteiger partial charge is 0.249 e. The molecule has 4 N–H and O–H groups in total. The van der Waals surface area contributed by atoms with Gasteiger partial charge in [0.2, 0.25) is 5.91 Å². The lowest BCUT2D eigenvalue weighted by Crippen LogP contribution is -2.34. The Morgan fingerprint density at radius 3 is 2.44 bits per heavy atom. The van der Waals surface area contributed by atoms with E-state index < -0.39 is 29.7 Å². The minimum Gasteiger partial charge on any atom is -0.385 e. The van der Waals surface area contributed by atoms with Gasteiger partial charge in [0.05, 0.1) is 0 Å². The normalized spacial score (nSPS) is 14.6. The van der Waals surface area contributed by atoms with Crippen LogP contribution in [0.5, 0.6) is 0 Å². The Hall–Kier alpha value is -1.53. The van der Waals surface area contributed by atoms with Gasteiger partial charge in [-0.2, -0.15) is 0 Å². The molecule has 0 saturated carbocycles. The van der Waals surface area contributed by atoms with Crippen LogP contribution in [0.4, 0.5) is 8.78 Å². The van der Waals surface area contributed by atoms with Gasteiger partial charge in [-0.05, 0) is 24.1 Å². The summed E-state index contributed by atoms with van der Waals surface area (Å²) in [6.45, 7) is 1.23. The number of aliphatic hydroxyl groups excluding tert-OH is 2. The summed E-state index contributed by atoms with van der Waals surface area (Å²) in [7, 11) is 0. The molecule has 0 spiro atoms. The molecule has 6 heteroatoms. The van der Waals surface area contributed by atoms with Crippen LogP contribution >= 0.6 is 0 Å². The maximum Gasteiger partial charge on any atom is 0.249 e. The standard InChI is InChI=1S/C10H11F2NO3/c1-4-5(2-3-6(11)7(4)12)8(14)9(15)10(13)16/h2-3,8-9,14-15H,1H3,(H2,13,16). The first-order valence-corrected chi connectivity index (χ1v) is 4.46. The number of halogens is 2. The van der Waals surface area contributed by atoms with Crippen molar-refractivity contribution in [2.24, 2.45) is 5.73 Å². The number of amides is 1. The molecule has 0 bridgehead atoms. The van der Waals surface area contributed by atoms with E-state index in [1.807, 2.05) is 0 Å². The first kappa shape index (κ1) is 12.5. The van der Waals surface area contributed by atoms with Crippen LogP contribution in [0.1, 0.15) is 17.2 Å². The van der Waals surface area contributed by atoms with Crippen molar-refractivity contribution in [1.82, 2.24) is 0 Å². The summed E-state index contributed by atoms with van der Waals surface area (Å²) in [5.41, 5.74) is 4.52. The molecule has 0 aliphatic heterocycles. The molecule has 0 heterocycles. The zero-order valence-electron chi connectivity index (χ0n) is 8.45. The van der Waals surface area contributed by atoms with Crippen LogP contribution in [-0.4, -0.2) is 22.2 Å². The summed E-state index contributed by atoms with van der Waals surface area (Å²) >= 11 is 0. The van der Waals surface area contributed by atoms with Gasteiger partial charge in [0, 0.05) is 0 Å². The number of rotatable bonds is 3. The monoisotopic (exact) mass is 231 g/mol. The number of carbonyl (C=O) groups is 1. The van der Waals surface area contributed by atoms with Crippen molar-refractivity contribution < 1.29 is 23.8 Å². The Bertz CT molecular complexity index is 423. The molecule has 0 aliphatic carbocycles. The van der Waals surface area contributed by atoms with Crippen molar-refractivity contribution >= 4 is 5.91 Å². The Morgan fingerprint density at radius 2 is 1.94 bits per heavy atom. The SMILES string of the molecule is Cc1c(C(O)C(O)C(N)=O)ccc(F)c1F. The molecular formula is C10H11F2NO3. The highest BCUT2D eigenvalue weighted by Gasteiger charge is 2.26. The summed E-state index contributed by atoms with van der Waals surface area (Å²) in [6, 6.07) is 1.89. The van der Waals surface area contributed by atoms with E-state index in [2.05, 4.69) is 0 Å². The van der Waals surface area contributed by atoms with E-state index >= 15 is 0 Å². The molecule has 0 fully saturated rings. The molecule has 1 aromatic carbocycles. The number of hydrogen-bond donors (Lipinski definition) is 3. The zero-order valence-corrected chi connectivity index (χ0v) is 8.45. The van der Waals surface area contributed by atoms with Gasteiger partial charge in [-0.3, -0.25) is 4.79 Å². The van der Waals surface area contributed by atoms with Crippen LogP contribution in [0.3, 0.4) is 0 Å². The predicted octanol–water partition coefficient (Wildman–Crippen LogP) is 0.153. The van der Waals surface area contributed by atoms with E-state index in [-0.39, 0.29) is 11.1 Å². The number of benzene rings is 1. The Balaban J connectivity index is 3.14. The average molecular weight is 231 g/mol. The molecule has 0 aliphatic rings. The number of nitrogens with two attached hydrogens (primary N) is 1. The van der Waals surface area contributed by atoms with Gasteiger partial charge >= 0.3 is 0 Å². The highest BCUT2D eigenvalue weighted by Crippen LogP contribution is 2.24. The summed E-state index contributed by atoms with van der Waals surface area (Å²) in [5.74, 6) is -3.34. The topological polar surface area (TPSA) is 83.6 Å². The first-order valence-electron chi connectivity index (χ1n) is 4.46. The van der Waals surface area contributed by atoms with Gasteiger partial charge in [-0.1, -0.05) is 6.07 Å². The van der Waals surface area contributed by atoms with E-state index in [9.17, 15) is 23.8 Å². The predicted molar refractivity (Wildman–Crippen MR) is 51.3 cm³/mol. The van der Waals surface area contributed by atoms with E-state index in [0.29, 0.717) is 0 Å². The molecule has 1 aromatic rings. The van der Waals surface area contributed by atoms with Gasteiger partial charge in [0.15, 0.2) is 17.7 Å². The highest BCUT2D eigenvalue weighted by atomic mass is 19.2. The molecular weight excluding hydrogens is 220 g/mol. The summed E-state index contributed by atoms with van der Waals surface area (Å²) in [4.78, 5) is 10.6. The Morgan fingerprint density at radius 1 is 1.38 bits per heavy atom. The fourth-order valence-corrected chi connectivity index (χ4v) is 1.31. The average Bonchev–Trinajstić information content (AvgIpc) is 2.24. The number of carbonyl (C=O) groups excluding carboxylic acids is 1. The molecule has 4 nitrogen and oxygen atoms in total. The minimum atomic E-state index is -1.86. The van der Waals surface area contributed by atoms with Crippen molar-refractivity contribution in [2.75, 3.05) is 0 Å². The van der Waals surface area contributed by atoms with Crippen LogP contribution in [0.2, 0.25) is 0 Å². The van der Waals surface area contributed by atoms with Gasteiger partial charge in [0.1, 0.15) is 6.10 Å². The molecule has 0 saturated heterocycles. The van der Waals surface area contributed by atoms with Crippen LogP contribution < -0.4 is 5.73 Å². The second-order valence-corrected chi connectivity index (χ2v) is 3.37. The summed E-state index contributed by atoms with van der Waals surface area (Å²) < 4.78 is 25.9. The van der Waals surface area contributed by atoms with Crippen LogP contribution in [0.25, 0.3) is 0 Å². The van der Waals surface area contributed by atoms with Gasteiger partial charge in [-0.15, -0.1) is 0 Å². The molecule has 16 heavy (non-hydrogen) atoms. The largest absolute Gasteiger partial charge is 0.385 e. The highest BCUT2D eigenvalue weighted by molar-refractivity contribution is 5.79. The quantitative estimate of drug-likeness (QED) is 0.692. The third-order valence-electron chi connectivity index (χ3n) is 2.29. The van der Waals surface area contributed by atoms with Gasteiger partial charge in [-0.25, -0.2) is 8.78 Å². The second-order valence-electron chi connectivity index (χ2n) is 3.37. The fourth-order valence-electron chi connectivity index (χ4n) is 1.31. The first-order chi connectivity index (χ1) is 7.36. The van der Waals surface area contributed by atoms with Crippen molar-refractivity contribution in [3.05, 3.63) is 34.9 Å². The third-order valence-corrected chi connectivity index (χ3v) is 2.29. The number of primary amides is 1. The maximum absolute atomic E-state index is 13.1. The molecule has 0 aromatic heterocycles. The lowest BCUT2D eigenvalue weighted by atomic mass is 9.98. The molecule has 88 valence electrons. The molecule has 0 radical (unpaired) electrons. The molecule has 2 atom stereocenters. The lowest BCUT2D eigenvalue weighted by molar-refractivity contribution is -0.132. The van der Waals surface area contributed by atoms with E-state index in [4.69, 9.17) is 5.73 Å². The van der Waals surface area contributed by atoms with Crippen molar-refractivity contribution in [3.63, 3.8) is 0 Å². The number of hydrogen-bond acceptors (Lipinski definition) is 3. The third kappa shape index (κ3) is 2.17. The van der Waals surface area contributed by atoms with Crippen molar-refractivity contribution in [2.45, 2.75) is 19.1 Å². The van der Waals surface area contributed by atoms with Crippen molar-refractivity contribution in [1.29, 1.82) is 0 Å². The second kappa shape index (κ2) is 4.54. The maximum atomic E-state index is 13.1.